The zero-order chi connectivity index (χ0) is 17.5. The van der Waals surface area contributed by atoms with Crippen LogP contribution in [0.1, 0.15) is 11.4 Å². The third kappa shape index (κ3) is 4.14. The zero-order valence-corrected chi connectivity index (χ0v) is 12.8. The number of rotatable bonds is 6. The number of nitrogens with zero attached hydrogens (tertiary/aromatic N) is 5. The number of H-pyrrole nitrogens is 1. The monoisotopic (exact) mass is 337 g/mol. The van der Waals surface area contributed by atoms with E-state index in [1.54, 1.807) is 24.5 Å². The summed E-state index contributed by atoms with van der Waals surface area (Å²) in [6, 6.07) is 9.95. The van der Waals surface area contributed by atoms with E-state index < -0.39 is 5.82 Å². The highest BCUT2D eigenvalue weighted by Crippen LogP contribution is 2.22. The summed E-state index contributed by atoms with van der Waals surface area (Å²) in [4.78, 5) is 3.97. The van der Waals surface area contributed by atoms with Crippen LogP contribution in [0.15, 0.2) is 48.9 Å². The summed E-state index contributed by atoms with van der Waals surface area (Å²) in [7, 11) is 0. The van der Waals surface area contributed by atoms with Crippen molar-refractivity contribution in [2.75, 3.05) is 5.32 Å². The van der Waals surface area contributed by atoms with Crippen molar-refractivity contribution < 1.29 is 9.13 Å². The van der Waals surface area contributed by atoms with E-state index in [0.717, 1.165) is 5.56 Å². The highest BCUT2D eigenvalue weighted by molar-refractivity contribution is 5.74. The van der Waals surface area contributed by atoms with E-state index in [-0.39, 0.29) is 23.8 Å². The van der Waals surface area contributed by atoms with Gasteiger partial charge in [0.25, 0.3) is 0 Å². The Labute approximate surface area is 142 Å². The molecule has 0 aliphatic rings. The van der Waals surface area contributed by atoms with Gasteiger partial charge in [-0.15, -0.1) is 10.2 Å². The molecule has 1 aromatic carbocycles. The maximum absolute atomic E-state index is 14.1. The SMILES string of the molecule is N#CC(=CNc1ccc(OCc2cccnc2)c(F)c1)c1nn[nH]n1. The van der Waals surface area contributed by atoms with Crippen molar-refractivity contribution in [1.82, 2.24) is 25.6 Å². The number of nitriles is 1. The molecule has 9 heteroatoms. The van der Waals surface area contributed by atoms with Gasteiger partial charge in [0.2, 0.25) is 5.82 Å². The first kappa shape index (κ1) is 16.1. The largest absolute Gasteiger partial charge is 0.486 e. The molecule has 2 N–H and O–H groups in total. The molecule has 3 aromatic rings. The third-order valence-corrected chi connectivity index (χ3v) is 3.14. The molecule has 124 valence electrons. The van der Waals surface area contributed by atoms with Crippen LogP contribution in [0.4, 0.5) is 10.1 Å². The number of anilines is 1. The topological polar surface area (TPSA) is 112 Å². The fourth-order valence-electron chi connectivity index (χ4n) is 1.93. The van der Waals surface area contributed by atoms with E-state index in [2.05, 4.69) is 30.9 Å². The summed E-state index contributed by atoms with van der Waals surface area (Å²) in [6.07, 6.45) is 4.68. The van der Waals surface area contributed by atoms with Crippen molar-refractivity contribution in [3.8, 4) is 11.8 Å². The first-order chi connectivity index (χ1) is 12.3. The lowest BCUT2D eigenvalue weighted by Crippen LogP contribution is -1.99. The summed E-state index contributed by atoms with van der Waals surface area (Å²) in [5.41, 5.74) is 1.44. The molecule has 2 heterocycles. The molecule has 0 spiro atoms. The van der Waals surface area contributed by atoms with Crippen LogP contribution in [0, 0.1) is 17.1 Å². The first-order valence-electron chi connectivity index (χ1n) is 7.18. The van der Waals surface area contributed by atoms with Gasteiger partial charge in [-0.25, -0.2) is 4.39 Å². The second kappa shape index (κ2) is 7.65. The minimum atomic E-state index is -0.527. The quantitative estimate of drug-likeness (QED) is 0.664. The number of ether oxygens (including phenoxy) is 1. The summed E-state index contributed by atoms with van der Waals surface area (Å²) in [6.45, 7) is 0.216. The number of hydrogen-bond acceptors (Lipinski definition) is 7. The van der Waals surface area contributed by atoms with Gasteiger partial charge >= 0.3 is 0 Å². The molecular formula is C16H12FN7O. The van der Waals surface area contributed by atoms with Crippen LogP contribution < -0.4 is 10.1 Å². The predicted octanol–water partition coefficient (Wildman–Crippen LogP) is 2.29. The van der Waals surface area contributed by atoms with Crippen molar-refractivity contribution >= 4 is 11.3 Å². The van der Waals surface area contributed by atoms with Crippen LogP contribution in [0.3, 0.4) is 0 Å². The van der Waals surface area contributed by atoms with Crippen LogP contribution in [-0.2, 0) is 6.61 Å². The highest BCUT2D eigenvalue weighted by atomic mass is 19.1. The average molecular weight is 337 g/mol. The number of allylic oxidation sites excluding steroid dienone is 1. The smallest absolute Gasteiger partial charge is 0.216 e. The van der Waals surface area contributed by atoms with Crippen LogP contribution >= 0.6 is 0 Å². The Hall–Kier alpha value is -3.80. The van der Waals surface area contributed by atoms with Gasteiger partial charge in [0, 0.05) is 35.9 Å². The highest BCUT2D eigenvalue weighted by Gasteiger charge is 2.07. The molecule has 2 aromatic heterocycles. The van der Waals surface area contributed by atoms with E-state index in [4.69, 9.17) is 10.00 Å². The molecule has 0 saturated heterocycles. The molecule has 0 atom stereocenters. The summed E-state index contributed by atoms with van der Waals surface area (Å²) in [5, 5.41) is 24.9. The van der Waals surface area contributed by atoms with Gasteiger partial charge in [0.1, 0.15) is 18.2 Å². The fourth-order valence-corrected chi connectivity index (χ4v) is 1.93. The molecular weight excluding hydrogens is 325 g/mol. The second-order valence-electron chi connectivity index (χ2n) is 4.84. The average Bonchev–Trinajstić information content (AvgIpc) is 3.17. The maximum Gasteiger partial charge on any atom is 0.216 e. The van der Waals surface area contributed by atoms with E-state index in [1.807, 2.05) is 12.1 Å². The lowest BCUT2D eigenvalue weighted by molar-refractivity contribution is 0.290. The van der Waals surface area contributed by atoms with Crippen molar-refractivity contribution in [3.05, 3.63) is 66.1 Å². The summed E-state index contributed by atoms with van der Waals surface area (Å²) < 4.78 is 19.6. The minimum Gasteiger partial charge on any atom is -0.486 e. The number of benzene rings is 1. The first-order valence-corrected chi connectivity index (χ1v) is 7.18. The van der Waals surface area contributed by atoms with E-state index in [1.165, 1.54) is 18.3 Å². The standard InChI is InChI=1S/C16H12FN7O/c17-14-6-13(20-9-12(7-18)16-21-23-24-22-16)3-4-15(14)25-10-11-2-1-5-19-8-11/h1-6,8-9,20H,10H2,(H,21,22,23,24). The molecule has 0 radical (unpaired) electrons. The van der Waals surface area contributed by atoms with Crippen molar-refractivity contribution in [3.63, 3.8) is 0 Å². The molecule has 0 aliphatic heterocycles. The molecule has 8 nitrogen and oxygen atoms in total. The van der Waals surface area contributed by atoms with Crippen LogP contribution in [0.25, 0.3) is 5.57 Å². The van der Waals surface area contributed by atoms with Gasteiger partial charge in [-0.1, -0.05) is 6.07 Å². The number of halogens is 1. The minimum absolute atomic E-state index is 0.122. The normalized spacial score (nSPS) is 11.0. The molecule has 0 fully saturated rings. The maximum atomic E-state index is 14.1. The Bertz CT molecular complexity index is 904. The lowest BCUT2D eigenvalue weighted by Gasteiger charge is -2.08. The molecule has 25 heavy (non-hydrogen) atoms. The molecule has 0 saturated carbocycles. The van der Waals surface area contributed by atoms with E-state index in [9.17, 15) is 4.39 Å². The van der Waals surface area contributed by atoms with Gasteiger partial charge in [0.05, 0.1) is 0 Å². The number of aromatic amines is 1. The number of hydrogen-bond donors (Lipinski definition) is 2. The Morgan fingerprint density at radius 3 is 3.00 bits per heavy atom. The number of nitrogens with one attached hydrogen (secondary N) is 2. The lowest BCUT2D eigenvalue weighted by atomic mass is 10.2. The van der Waals surface area contributed by atoms with E-state index in [0.29, 0.717) is 5.69 Å². The molecule has 0 aliphatic carbocycles. The molecule has 0 unspecified atom stereocenters. The second-order valence-corrected chi connectivity index (χ2v) is 4.84. The van der Waals surface area contributed by atoms with Crippen LogP contribution in [-0.4, -0.2) is 25.6 Å². The molecule has 3 rings (SSSR count). The number of pyridine rings is 1. The Kier molecular flexibility index (Phi) is 4.92. The van der Waals surface area contributed by atoms with Crippen molar-refractivity contribution in [2.24, 2.45) is 0 Å². The van der Waals surface area contributed by atoms with Crippen LogP contribution in [0.5, 0.6) is 5.75 Å². The Morgan fingerprint density at radius 2 is 2.32 bits per heavy atom. The summed E-state index contributed by atoms with van der Waals surface area (Å²) in [5.74, 6) is -0.260. The van der Waals surface area contributed by atoms with Gasteiger partial charge in [-0.05, 0) is 23.4 Å². The van der Waals surface area contributed by atoms with E-state index >= 15 is 0 Å². The fraction of sp³-hybridized carbons (Fsp3) is 0.0625. The molecule has 0 bridgehead atoms. The number of aromatic nitrogens is 5. The third-order valence-electron chi connectivity index (χ3n) is 3.14. The van der Waals surface area contributed by atoms with Gasteiger partial charge in [-0.3, -0.25) is 4.98 Å². The zero-order valence-electron chi connectivity index (χ0n) is 12.8. The molecule has 0 amide bonds. The van der Waals surface area contributed by atoms with Gasteiger partial charge in [-0.2, -0.15) is 10.5 Å². The van der Waals surface area contributed by atoms with Crippen molar-refractivity contribution in [1.29, 1.82) is 5.26 Å². The van der Waals surface area contributed by atoms with Crippen LogP contribution in [0.2, 0.25) is 0 Å². The van der Waals surface area contributed by atoms with Crippen molar-refractivity contribution in [2.45, 2.75) is 6.61 Å². The Morgan fingerprint density at radius 1 is 1.40 bits per heavy atom. The Balaban J connectivity index is 1.66. The predicted molar refractivity (Wildman–Crippen MR) is 86.4 cm³/mol. The van der Waals surface area contributed by atoms with Gasteiger partial charge in [0.15, 0.2) is 11.6 Å². The number of tetrazole rings is 1. The van der Waals surface area contributed by atoms with Gasteiger partial charge < -0.3 is 10.1 Å². The summed E-state index contributed by atoms with van der Waals surface area (Å²) >= 11 is 0.